The third kappa shape index (κ3) is 4.02. The standard InChI is InChI=1S/C16H24FNO/c1-12(14-5-7-16(17)8-6-14)10-18-9-3-4-15(11-18)13(2)19/h5-8,12-13,15,19H,3-4,9-11H2,1-2H3/t12-,13-,15-/m1/s1. The van der Waals surface area contributed by atoms with Gasteiger partial charge in [-0.25, -0.2) is 4.39 Å². The second-order valence-electron chi connectivity index (χ2n) is 5.86. The van der Waals surface area contributed by atoms with Crippen molar-refractivity contribution in [3.63, 3.8) is 0 Å². The first-order valence-corrected chi connectivity index (χ1v) is 7.22. The highest BCUT2D eigenvalue weighted by molar-refractivity contribution is 5.20. The van der Waals surface area contributed by atoms with Gasteiger partial charge in [0.15, 0.2) is 0 Å². The molecule has 0 aromatic heterocycles. The third-order valence-corrected chi connectivity index (χ3v) is 4.20. The maximum atomic E-state index is 12.9. The molecular formula is C16H24FNO. The van der Waals surface area contributed by atoms with Crippen molar-refractivity contribution in [3.8, 4) is 0 Å². The average molecular weight is 265 g/mol. The Morgan fingerprint density at radius 1 is 1.32 bits per heavy atom. The van der Waals surface area contributed by atoms with Gasteiger partial charge >= 0.3 is 0 Å². The van der Waals surface area contributed by atoms with Crippen LogP contribution in [0.1, 0.15) is 38.2 Å². The van der Waals surface area contributed by atoms with Gasteiger partial charge in [0, 0.05) is 13.1 Å². The van der Waals surface area contributed by atoms with Gasteiger partial charge in [-0.15, -0.1) is 0 Å². The molecule has 1 heterocycles. The Labute approximate surface area is 115 Å². The Kier molecular flexibility index (Phi) is 4.94. The average Bonchev–Trinajstić information content (AvgIpc) is 2.39. The minimum absolute atomic E-state index is 0.178. The van der Waals surface area contributed by atoms with Crippen LogP contribution in [-0.2, 0) is 0 Å². The number of hydrogen-bond acceptors (Lipinski definition) is 2. The van der Waals surface area contributed by atoms with Crippen LogP contribution in [0.3, 0.4) is 0 Å². The largest absolute Gasteiger partial charge is 0.393 e. The van der Waals surface area contributed by atoms with Crippen LogP contribution in [0.5, 0.6) is 0 Å². The van der Waals surface area contributed by atoms with E-state index in [1.807, 2.05) is 19.1 Å². The summed E-state index contributed by atoms with van der Waals surface area (Å²) in [5, 5.41) is 9.71. The summed E-state index contributed by atoms with van der Waals surface area (Å²) in [6, 6.07) is 6.80. The lowest BCUT2D eigenvalue weighted by atomic mass is 9.92. The lowest BCUT2D eigenvalue weighted by Crippen LogP contribution is -2.41. The van der Waals surface area contributed by atoms with Crippen molar-refractivity contribution in [1.82, 2.24) is 4.90 Å². The summed E-state index contributed by atoms with van der Waals surface area (Å²) < 4.78 is 12.9. The first kappa shape index (κ1) is 14.5. The molecule has 0 aliphatic carbocycles. The van der Waals surface area contributed by atoms with Gasteiger partial charge in [-0.05, 0) is 55.8 Å². The lowest BCUT2D eigenvalue weighted by molar-refractivity contribution is 0.0610. The molecule has 3 atom stereocenters. The fourth-order valence-corrected chi connectivity index (χ4v) is 2.93. The minimum atomic E-state index is -0.219. The van der Waals surface area contributed by atoms with Gasteiger partial charge in [-0.1, -0.05) is 19.1 Å². The van der Waals surface area contributed by atoms with Crippen molar-refractivity contribution >= 4 is 0 Å². The highest BCUT2D eigenvalue weighted by Gasteiger charge is 2.24. The van der Waals surface area contributed by atoms with E-state index in [-0.39, 0.29) is 11.9 Å². The van der Waals surface area contributed by atoms with Crippen LogP contribution in [0.2, 0.25) is 0 Å². The fraction of sp³-hybridized carbons (Fsp3) is 0.625. The molecule has 1 N–H and O–H groups in total. The van der Waals surface area contributed by atoms with E-state index in [1.165, 1.54) is 17.7 Å². The van der Waals surface area contributed by atoms with Crippen molar-refractivity contribution in [2.24, 2.45) is 5.92 Å². The van der Waals surface area contributed by atoms with Crippen LogP contribution in [-0.4, -0.2) is 35.7 Å². The Morgan fingerprint density at radius 2 is 2.00 bits per heavy atom. The predicted octanol–water partition coefficient (Wildman–Crippen LogP) is 3.02. The van der Waals surface area contributed by atoms with Crippen LogP contribution in [0.25, 0.3) is 0 Å². The Bertz CT molecular complexity index is 390. The number of benzene rings is 1. The van der Waals surface area contributed by atoms with Gasteiger partial charge < -0.3 is 10.0 Å². The van der Waals surface area contributed by atoms with Crippen LogP contribution >= 0.6 is 0 Å². The molecule has 0 radical (unpaired) electrons. The zero-order valence-corrected chi connectivity index (χ0v) is 11.8. The quantitative estimate of drug-likeness (QED) is 0.904. The molecular weight excluding hydrogens is 241 g/mol. The molecule has 1 aromatic rings. The van der Waals surface area contributed by atoms with E-state index in [1.54, 1.807) is 0 Å². The molecule has 0 unspecified atom stereocenters. The number of aliphatic hydroxyl groups excluding tert-OH is 1. The van der Waals surface area contributed by atoms with E-state index in [0.29, 0.717) is 11.8 Å². The van der Waals surface area contributed by atoms with Crippen LogP contribution in [0.4, 0.5) is 4.39 Å². The number of halogens is 1. The molecule has 106 valence electrons. The van der Waals surface area contributed by atoms with E-state index in [0.717, 1.165) is 32.5 Å². The fourth-order valence-electron chi connectivity index (χ4n) is 2.93. The number of likely N-dealkylation sites (tertiary alicyclic amines) is 1. The minimum Gasteiger partial charge on any atom is -0.393 e. The maximum absolute atomic E-state index is 12.9. The van der Waals surface area contributed by atoms with Gasteiger partial charge in [-0.3, -0.25) is 0 Å². The van der Waals surface area contributed by atoms with Gasteiger partial charge in [0.05, 0.1) is 6.10 Å². The summed E-state index contributed by atoms with van der Waals surface area (Å²) in [6.07, 6.45) is 2.06. The molecule has 1 aliphatic heterocycles. The zero-order chi connectivity index (χ0) is 13.8. The normalized spacial score (nSPS) is 24.1. The summed E-state index contributed by atoms with van der Waals surface area (Å²) in [5.41, 5.74) is 1.18. The highest BCUT2D eigenvalue weighted by Crippen LogP contribution is 2.23. The van der Waals surface area contributed by atoms with Gasteiger partial charge in [0.1, 0.15) is 5.82 Å². The number of aliphatic hydroxyl groups is 1. The van der Waals surface area contributed by atoms with Crippen molar-refractivity contribution in [2.75, 3.05) is 19.6 Å². The molecule has 1 saturated heterocycles. The van der Waals surface area contributed by atoms with Crippen molar-refractivity contribution in [1.29, 1.82) is 0 Å². The van der Waals surface area contributed by atoms with Crippen LogP contribution < -0.4 is 0 Å². The number of piperidine rings is 1. The summed E-state index contributed by atoms with van der Waals surface area (Å²) in [5.74, 6) is 0.616. The smallest absolute Gasteiger partial charge is 0.123 e. The topological polar surface area (TPSA) is 23.5 Å². The first-order valence-electron chi connectivity index (χ1n) is 7.22. The second-order valence-corrected chi connectivity index (χ2v) is 5.86. The first-order chi connectivity index (χ1) is 9.06. The highest BCUT2D eigenvalue weighted by atomic mass is 19.1. The lowest BCUT2D eigenvalue weighted by Gasteiger charge is -2.35. The summed E-state index contributed by atoms with van der Waals surface area (Å²) in [6.45, 7) is 7.13. The molecule has 1 aromatic carbocycles. The molecule has 1 fully saturated rings. The van der Waals surface area contributed by atoms with E-state index in [4.69, 9.17) is 0 Å². The van der Waals surface area contributed by atoms with Crippen molar-refractivity contribution < 1.29 is 9.50 Å². The monoisotopic (exact) mass is 265 g/mol. The molecule has 3 heteroatoms. The number of rotatable bonds is 4. The Hall–Kier alpha value is -0.930. The third-order valence-electron chi connectivity index (χ3n) is 4.20. The SMILES string of the molecule is C[C@H](CN1CCC[C@@H]([C@@H](C)O)C1)c1ccc(F)cc1. The van der Waals surface area contributed by atoms with Gasteiger partial charge in [0.25, 0.3) is 0 Å². The molecule has 0 saturated carbocycles. The Balaban J connectivity index is 1.91. The predicted molar refractivity (Wildman–Crippen MR) is 75.7 cm³/mol. The summed E-state index contributed by atoms with van der Waals surface area (Å²) >= 11 is 0. The van der Waals surface area contributed by atoms with E-state index in [2.05, 4.69) is 11.8 Å². The summed E-state index contributed by atoms with van der Waals surface area (Å²) in [7, 11) is 0. The number of hydrogen-bond donors (Lipinski definition) is 1. The van der Waals surface area contributed by atoms with Crippen LogP contribution in [0.15, 0.2) is 24.3 Å². The molecule has 0 spiro atoms. The van der Waals surface area contributed by atoms with Crippen LogP contribution in [0, 0.1) is 11.7 Å². The van der Waals surface area contributed by atoms with E-state index in [9.17, 15) is 9.50 Å². The molecule has 2 rings (SSSR count). The van der Waals surface area contributed by atoms with E-state index >= 15 is 0 Å². The zero-order valence-electron chi connectivity index (χ0n) is 11.8. The van der Waals surface area contributed by atoms with Gasteiger partial charge in [-0.2, -0.15) is 0 Å². The summed E-state index contributed by atoms with van der Waals surface area (Å²) in [4.78, 5) is 2.43. The van der Waals surface area contributed by atoms with Gasteiger partial charge in [0.2, 0.25) is 0 Å². The molecule has 0 amide bonds. The number of nitrogens with zero attached hydrogens (tertiary/aromatic N) is 1. The van der Waals surface area contributed by atoms with E-state index < -0.39 is 0 Å². The maximum Gasteiger partial charge on any atom is 0.123 e. The molecule has 1 aliphatic rings. The second kappa shape index (κ2) is 6.49. The molecule has 0 bridgehead atoms. The Morgan fingerprint density at radius 3 is 2.63 bits per heavy atom. The van der Waals surface area contributed by atoms with Crippen molar-refractivity contribution in [2.45, 2.75) is 38.7 Å². The molecule has 2 nitrogen and oxygen atoms in total. The molecule has 19 heavy (non-hydrogen) atoms. The van der Waals surface area contributed by atoms with Crippen molar-refractivity contribution in [3.05, 3.63) is 35.6 Å².